The number of carbonyl (C=O) groups excluding carboxylic acids is 1. The van der Waals surface area contributed by atoms with Gasteiger partial charge in [0.2, 0.25) is 0 Å². The van der Waals surface area contributed by atoms with E-state index in [1.165, 1.54) is 10.8 Å². The first kappa shape index (κ1) is 17.4. The molecular weight excluding hydrogens is 366 g/mol. The van der Waals surface area contributed by atoms with Gasteiger partial charge in [0.05, 0.1) is 0 Å². The minimum Gasteiger partial charge on any atom is -0.401 e. The normalized spacial score (nSPS) is 15.3. The molecule has 0 saturated heterocycles. The molecular formula is C18H18ClN7O. The number of nitrogens with zero attached hydrogens (tertiary/aromatic N) is 5. The van der Waals surface area contributed by atoms with Crippen molar-refractivity contribution in [2.24, 2.45) is 5.73 Å². The van der Waals surface area contributed by atoms with Crippen LogP contribution in [0.25, 0.3) is 5.65 Å². The Morgan fingerprint density at radius 1 is 1.30 bits per heavy atom. The van der Waals surface area contributed by atoms with Crippen LogP contribution in [0.4, 0.5) is 5.82 Å². The summed E-state index contributed by atoms with van der Waals surface area (Å²) < 4.78 is 1.50. The van der Waals surface area contributed by atoms with Crippen molar-refractivity contribution >= 4 is 29.0 Å². The molecule has 0 fully saturated rings. The highest BCUT2D eigenvalue weighted by Crippen LogP contribution is 2.20. The fraction of sp³-hybridized carbons (Fsp3) is 0.222. The molecule has 8 nitrogen and oxygen atoms in total. The van der Waals surface area contributed by atoms with Gasteiger partial charge in [-0.05, 0) is 36.2 Å². The summed E-state index contributed by atoms with van der Waals surface area (Å²) in [6.07, 6.45) is 2.06. The molecule has 1 amide bonds. The Morgan fingerprint density at radius 3 is 3.00 bits per heavy atom. The van der Waals surface area contributed by atoms with Gasteiger partial charge in [-0.3, -0.25) is 9.69 Å². The summed E-state index contributed by atoms with van der Waals surface area (Å²) in [4.78, 5) is 14.8. The number of amides is 1. The van der Waals surface area contributed by atoms with Crippen molar-refractivity contribution in [1.29, 1.82) is 0 Å². The third-order valence-electron chi connectivity index (χ3n) is 4.43. The number of hydrogen-bond acceptors (Lipinski definition) is 6. The van der Waals surface area contributed by atoms with Gasteiger partial charge in [0.25, 0.3) is 5.91 Å². The maximum absolute atomic E-state index is 12.6. The van der Waals surface area contributed by atoms with Crippen molar-refractivity contribution in [3.8, 4) is 0 Å². The number of fused-ring (bicyclic) bond motifs is 1. The summed E-state index contributed by atoms with van der Waals surface area (Å²) in [6.45, 7) is 2.02. The zero-order valence-electron chi connectivity index (χ0n) is 14.5. The number of benzene rings is 1. The number of rotatable bonds is 4. The highest BCUT2D eigenvalue weighted by Gasteiger charge is 2.22. The van der Waals surface area contributed by atoms with Gasteiger partial charge >= 0.3 is 0 Å². The molecule has 138 valence electrons. The number of halogens is 1. The number of aromatic nitrogens is 4. The lowest BCUT2D eigenvalue weighted by molar-refractivity contribution is -0.113. The lowest BCUT2D eigenvalue weighted by Gasteiger charge is -2.28. The second-order valence-electron chi connectivity index (χ2n) is 6.40. The highest BCUT2D eigenvalue weighted by molar-refractivity contribution is 6.30. The second-order valence-corrected chi connectivity index (χ2v) is 6.84. The number of carbonyl (C=O) groups is 1. The second kappa shape index (κ2) is 7.34. The molecule has 9 heteroatoms. The van der Waals surface area contributed by atoms with E-state index in [4.69, 9.17) is 17.3 Å². The Bertz CT molecular complexity index is 1030. The van der Waals surface area contributed by atoms with Crippen LogP contribution < -0.4 is 11.1 Å². The van der Waals surface area contributed by atoms with E-state index in [2.05, 4.69) is 25.5 Å². The standard InChI is InChI=1S/C18H18ClN7O/c19-13-3-1-2-12(8-13)9-25-7-6-14(15(20)10-25)18(27)22-16-4-5-17-23-21-11-26(17)24-16/h1-5,8,11H,6-7,9-10,20H2,(H,22,24,27). The van der Waals surface area contributed by atoms with Gasteiger partial charge in [-0.1, -0.05) is 23.7 Å². The number of hydrogen-bond donors (Lipinski definition) is 2. The van der Waals surface area contributed by atoms with Gasteiger partial charge in [0, 0.05) is 35.9 Å². The van der Waals surface area contributed by atoms with Crippen molar-refractivity contribution in [2.45, 2.75) is 13.0 Å². The zero-order valence-corrected chi connectivity index (χ0v) is 15.2. The lowest BCUT2D eigenvalue weighted by atomic mass is 10.0. The molecule has 0 radical (unpaired) electrons. The monoisotopic (exact) mass is 383 g/mol. The summed E-state index contributed by atoms with van der Waals surface area (Å²) in [7, 11) is 0. The molecule has 1 aliphatic rings. The maximum Gasteiger partial charge on any atom is 0.254 e. The minimum atomic E-state index is -0.227. The molecule has 0 unspecified atom stereocenters. The highest BCUT2D eigenvalue weighted by atomic mass is 35.5. The summed E-state index contributed by atoms with van der Waals surface area (Å²) in [6, 6.07) is 11.2. The van der Waals surface area contributed by atoms with Crippen LogP contribution in [0.2, 0.25) is 5.02 Å². The Labute approximate surface area is 160 Å². The fourth-order valence-corrected chi connectivity index (χ4v) is 3.33. The molecule has 27 heavy (non-hydrogen) atoms. The van der Waals surface area contributed by atoms with E-state index in [1.807, 2.05) is 24.3 Å². The van der Waals surface area contributed by atoms with E-state index in [9.17, 15) is 4.79 Å². The third kappa shape index (κ3) is 3.91. The van der Waals surface area contributed by atoms with Crippen LogP contribution >= 0.6 is 11.6 Å². The molecule has 3 aromatic rings. The largest absolute Gasteiger partial charge is 0.401 e. The van der Waals surface area contributed by atoms with Gasteiger partial charge in [0.15, 0.2) is 11.5 Å². The van der Waals surface area contributed by atoms with Crippen LogP contribution in [0.15, 0.2) is 54.0 Å². The molecule has 1 aromatic carbocycles. The summed E-state index contributed by atoms with van der Waals surface area (Å²) >= 11 is 6.04. The molecule has 0 saturated carbocycles. The van der Waals surface area contributed by atoms with E-state index in [0.29, 0.717) is 40.7 Å². The summed E-state index contributed by atoms with van der Waals surface area (Å²) in [5.74, 6) is 0.198. The van der Waals surface area contributed by atoms with Gasteiger partial charge in [-0.15, -0.1) is 15.3 Å². The number of nitrogens with one attached hydrogen (secondary N) is 1. The Kier molecular flexibility index (Phi) is 4.74. The predicted molar refractivity (Wildman–Crippen MR) is 102 cm³/mol. The summed E-state index contributed by atoms with van der Waals surface area (Å²) in [5.41, 5.74) is 9.09. The van der Waals surface area contributed by atoms with Crippen LogP contribution in [0.1, 0.15) is 12.0 Å². The van der Waals surface area contributed by atoms with Crippen LogP contribution in [-0.4, -0.2) is 43.7 Å². The molecule has 1 aliphatic heterocycles. The van der Waals surface area contributed by atoms with Crippen LogP contribution in [0.3, 0.4) is 0 Å². The van der Waals surface area contributed by atoms with Crippen LogP contribution in [0.5, 0.6) is 0 Å². The first-order chi connectivity index (χ1) is 13.1. The van der Waals surface area contributed by atoms with Crippen molar-refractivity contribution in [3.63, 3.8) is 0 Å². The molecule has 4 rings (SSSR count). The minimum absolute atomic E-state index is 0.227. The number of anilines is 1. The molecule has 0 spiro atoms. The lowest BCUT2D eigenvalue weighted by Crippen LogP contribution is -2.36. The van der Waals surface area contributed by atoms with E-state index in [1.54, 1.807) is 12.1 Å². The summed E-state index contributed by atoms with van der Waals surface area (Å²) in [5, 5.41) is 15.4. The Hall–Kier alpha value is -2.97. The predicted octanol–water partition coefficient (Wildman–Crippen LogP) is 1.83. The topological polar surface area (TPSA) is 101 Å². The van der Waals surface area contributed by atoms with E-state index in [-0.39, 0.29) is 5.91 Å². The van der Waals surface area contributed by atoms with E-state index < -0.39 is 0 Å². The van der Waals surface area contributed by atoms with Gasteiger partial charge in [-0.2, -0.15) is 4.52 Å². The quantitative estimate of drug-likeness (QED) is 0.712. The van der Waals surface area contributed by atoms with E-state index in [0.717, 1.165) is 18.7 Å². The molecule has 0 aliphatic carbocycles. The number of nitrogens with two attached hydrogens (primary N) is 1. The first-order valence-corrected chi connectivity index (χ1v) is 8.89. The fourth-order valence-electron chi connectivity index (χ4n) is 3.12. The molecule has 0 bridgehead atoms. The average molecular weight is 384 g/mol. The van der Waals surface area contributed by atoms with E-state index >= 15 is 0 Å². The Morgan fingerprint density at radius 2 is 2.19 bits per heavy atom. The third-order valence-corrected chi connectivity index (χ3v) is 4.67. The molecule has 3 heterocycles. The molecule has 0 atom stereocenters. The Balaban J connectivity index is 1.43. The first-order valence-electron chi connectivity index (χ1n) is 8.51. The van der Waals surface area contributed by atoms with Crippen molar-refractivity contribution < 1.29 is 4.79 Å². The van der Waals surface area contributed by atoms with Crippen LogP contribution in [0, 0.1) is 0 Å². The SMILES string of the molecule is NC1=C(C(=O)Nc2ccc3nncn3n2)CCN(Cc2cccc(Cl)c2)C1. The van der Waals surface area contributed by atoms with Gasteiger partial charge < -0.3 is 11.1 Å². The maximum atomic E-state index is 12.6. The molecule has 3 N–H and O–H groups in total. The van der Waals surface area contributed by atoms with Gasteiger partial charge in [-0.25, -0.2) is 0 Å². The van der Waals surface area contributed by atoms with Crippen LogP contribution in [-0.2, 0) is 11.3 Å². The van der Waals surface area contributed by atoms with Crippen molar-refractivity contribution in [1.82, 2.24) is 24.7 Å². The van der Waals surface area contributed by atoms with Crippen molar-refractivity contribution in [3.05, 3.63) is 64.6 Å². The smallest absolute Gasteiger partial charge is 0.254 e. The average Bonchev–Trinajstić information content (AvgIpc) is 3.09. The molecule has 2 aromatic heterocycles. The zero-order chi connectivity index (χ0) is 18.8. The van der Waals surface area contributed by atoms with Gasteiger partial charge in [0.1, 0.15) is 6.33 Å². The van der Waals surface area contributed by atoms with Crippen molar-refractivity contribution in [2.75, 3.05) is 18.4 Å².